The first kappa shape index (κ1) is 8.35. The zero-order valence-corrected chi connectivity index (χ0v) is 6.66. The van der Waals surface area contributed by atoms with Crippen LogP contribution in [0.15, 0.2) is 36.9 Å². The third-order valence-electron chi connectivity index (χ3n) is 1.49. The number of rotatable bonds is 3. The smallest absolute Gasteiger partial charge is 0.292 e. The van der Waals surface area contributed by atoms with Crippen LogP contribution < -0.4 is 4.74 Å². The molecule has 0 saturated heterocycles. The van der Waals surface area contributed by atoms with Crippen LogP contribution in [0.1, 0.15) is 5.56 Å². The van der Waals surface area contributed by atoms with Crippen molar-refractivity contribution in [3.63, 3.8) is 0 Å². The highest BCUT2D eigenvalue weighted by Crippen LogP contribution is 2.17. The van der Waals surface area contributed by atoms with E-state index < -0.39 is 0 Å². The van der Waals surface area contributed by atoms with Gasteiger partial charge in [-0.05, 0) is 18.1 Å². The Morgan fingerprint density at radius 3 is 2.92 bits per heavy atom. The summed E-state index contributed by atoms with van der Waals surface area (Å²) in [5, 5.41) is 8.31. The third kappa shape index (κ3) is 1.86. The lowest BCUT2D eigenvalue weighted by Gasteiger charge is -2.01. The zero-order valence-electron chi connectivity index (χ0n) is 6.66. The minimum Gasteiger partial charge on any atom is -0.388 e. The van der Waals surface area contributed by atoms with Crippen LogP contribution in [-0.2, 0) is 6.42 Å². The van der Waals surface area contributed by atoms with Crippen molar-refractivity contribution < 1.29 is 4.74 Å². The van der Waals surface area contributed by atoms with Gasteiger partial charge in [0.05, 0.1) is 0 Å². The van der Waals surface area contributed by atoms with E-state index in [-0.39, 0.29) is 0 Å². The summed E-state index contributed by atoms with van der Waals surface area (Å²) in [6.45, 7) is 3.62. The van der Waals surface area contributed by atoms with Crippen molar-refractivity contribution >= 4 is 0 Å². The van der Waals surface area contributed by atoms with Gasteiger partial charge in [0.25, 0.3) is 6.26 Å². The molecule has 2 nitrogen and oxygen atoms in total. The van der Waals surface area contributed by atoms with E-state index in [4.69, 9.17) is 10.00 Å². The molecule has 0 fully saturated rings. The van der Waals surface area contributed by atoms with Crippen molar-refractivity contribution in [1.29, 1.82) is 5.26 Å². The average molecular weight is 159 g/mol. The second-order valence-electron chi connectivity index (χ2n) is 2.29. The molecule has 0 N–H and O–H groups in total. The van der Waals surface area contributed by atoms with Gasteiger partial charge in [0.2, 0.25) is 0 Å². The maximum Gasteiger partial charge on any atom is 0.292 e. The summed E-state index contributed by atoms with van der Waals surface area (Å²) >= 11 is 0. The van der Waals surface area contributed by atoms with Gasteiger partial charge in [-0.1, -0.05) is 24.3 Å². The maximum absolute atomic E-state index is 8.31. The van der Waals surface area contributed by atoms with Gasteiger partial charge < -0.3 is 4.74 Å². The van der Waals surface area contributed by atoms with Gasteiger partial charge in [-0.3, -0.25) is 0 Å². The number of hydrogen-bond donors (Lipinski definition) is 0. The Labute approximate surface area is 71.7 Å². The summed E-state index contributed by atoms with van der Waals surface area (Å²) in [5.41, 5.74) is 0.981. The maximum atomic E-state index is 8.31. The Kier molecular flexibility index (Phi) is 2.92. The molecule has 1 aromatic rings. The molecule has 0 spiro atoms. The first-order valence-corrected chi connectivity index (χ1v) is 3.63. The Hall–Kier alpha value is -1.75. The molecular formula is C10H9NO. The summed E-state index contributed by atoms with van der Waals surface area (Å²) in [5.74, 6) is 0.611. The minimum absolute atomic E-state index is 0.611. The highest BCUT2D eigenvalue weighted by Gasteiger charge is 1.99. The average Bonchev–Trinajstić information content (AvgIpc) is 2.09. The molecule has 0 saturated carbocycles. The van der Waals surface area contributed by atoms with Crippen LogP contribution in [0.3, 0.4) is 0 Å². The topological polar surface area (TPSA) is 33.0 Å². The quantitative estimate of drug-likeness (QED) is 0.500. The van der Waals surface area contributed by atoms with E-state index in [0.717, 1.165) is 12.0 Å². The Balaban J connectivity index is 2.93. The van der Waals surface area contributed by atoms with Gasteiger partial charge in [0.1, 0.15) is 5.75 Å². The van der Waals surface area contributed by atoms with Gasteiger partial charge in [0, 0.05) is 0 Å². The first-order valence-electron chi connectivity index (χ1n) is 3.63. The minimum atomic E-state index is 0.611. The van der Waals surface area contributed by atoms with Crippen LogP contribution in [0.4, 0.5) is 0 Å². The van der Waals surface area contributed by atoms with Crippen LogP contribution in [0.5, 0.6) is 5.75 Å². The largest absolute Gasteiger partial charge is 0.388 e. The molecule has 1 rings (SSSR count). The lowest BCUT2D eigenvalue weighted by Crippen LogP contribution is -1.88. The molecule has 0 aliphatic carbocycles. The number of allylic oxidation sites excluding steroid dienone is 1. The number of benzene rings is 1. The summed E-state index contributed by atoms with van der Waals surface area (Å²) in [7, 11) is 0. The van der Waals surface area contributed by atoms with E-state index in [0.29, 0.717) is 5.75 Å². The first-order chi connectivity index (χ1) is 5.88. The molecule has 1 aromatic carbocycles. The fourth-order valence-electron chi connectivity index (χ4n) is 0.977. The van der Waals surface area contributed by atoms with Crippen molar-refractivity contribution in [3.8, 4) is 12.0 Å². The number of para-hydroxylation sites is 1. The predicted molar refractivity (Wildman–Crippen MR) is 46.6 cm³/mol. The monoisotopic (exact) mass is 159 g/mol. The molecule has 60 valence electrons. The van der Waals surface area contributed by atoms with Crippen molar-refractivity contribution in [3.05, 3.63) is 42.5 Å². The number of ether oxygens (including phenoxy) is 1. The van der Waals surface area contributed by atoms with Crippen LogP contribution in [0.25, 0.3) is 0 Å². The van der Waals surface area contributed by atoms with Gasteiger partial charge in [-0.25, -0.2) is 0 Å². The molecule has 0 bridgehead atoms. The summed E-state index contributed by atoms with van der Waals surface area (Å²) in [4.78, 5) is 0. The Bertz CT molecular complexity index is 312. The molecule has 2 heteroatoms. The van der Waals surface area contributed by atoms with E-state index >= 15 is 0 Å². The van der Waals surface area contributed by atoms with Gasteiger partial charge >= 0.3 is 0 Å². The molecular weight excluding hydrogens is 150 g/mol. The molecule has 0 aromatic heterocycles. The summed E-state index contributed by atoms with van der Waals surface area (Å²) in [6.07, 6.45) is 4.15. The van der Waals surface area contributed by atoms with E-state index in [1.807, 2.05) is 18.2 Å². The van der Waals surface area contributed by atoms with Crippen molar-refractivity contribution in [2.75, 3.05) is 0 Å². The Morgan fingerprint density at radius 1 is 1.50 bits per heavy atom. The van der Waals surface area contributed by atoms with Gasteiger partial charge in [0.15, 0.2) is 0 Å². The van der Waals surface area contributed by atoms with Crippen LogP contribution in [0.2, 0.25) is 0 Å². The second kappa shape index (κ2) is 4.20. The predicted octanol–water partition coefficient (Wildman–Crippen LogP) is 2.27. The van der Waals surface area contributed by atoms with Crippen molar-refractivity contribution in [1.82, 2.24) is 0 Å². The fraction of sp³-hybridized carbons (Fsp3) is 0.100. The normalized spacial score (nSPS) is 8.58. The van der Waals surface area contributed by atoms with E-state index in [1.165, 1.54) is 0 Å². The standard InChI is InChI=1S/C10H9NO/c1-2-5-9-6-3-4-7-10(9)12-8-11/h2-4,6-7H,1,5H2. The second-order valence-corrected chi connectivity index (χ2v) is 2.29. The van der Waals surface area contributed by atoms with E-state index in [1.54, 1.807) is 18.4 Å². The van der Waals surface area contributed by atoms with Gasteiger partial charge in [-0.15, -0.1) is 11.8 Å². The Morgan fingerprint density at radius 2 is 2.25 bits per heavy atom. The summed E-state index contributed by atoms with van der Waals surface area (Å²) < 4.78 is 4.75. The summed E-state index contributed by atoms with van der Waals surface area (Å²) in [6, 6.07) is 7.42. The van der Waals surface area contributed by atoms with E-state index in [2.05, 4.69) is 6.58 Å². The van der Waals surface area contributed by atoms with Crippen molar-refractivity contribution in [2.45, 2.75) is 6.42 Å². The zero-order chi connectivity index (χ0) is 8.81. The van der Waals surface area contributed by atoms with Gasteiger partial charge in [-0.2, -0.15) is 0 Å². The molecule has 0 unspecified atom stereocenters. The molecule has 0 radical (unpaired) electrons. The lowest BCUT2D eigenvalue weighted by molar-refractivity contribution is 0.502. The number of hydrogen-bond acceptors (Lipinski definition) is 2. The fourth-order valence-corrected chi connectivity index (χ4v) is 0.977. The van der Waals surface area contributed by atoms with Crippen LogP contribution in [0, 0.1) is 11.5 Å². The molecule has 0 heterocycles. The van der Waals surface area contributed by atoms with Crippen molar-refractivity contribution in [2.24, 2.45) is 0 Å². The van der Waals surface area contributed by atoms with Crippen LogP contribution in [-0.4, -0.2) is 0 Å². The molecule has 0 amide bonds. The van der Waals surface area contributed by atoms with E-state index in [9.17, 15) is 0 Å². The molecule has 0 atom stereocenters. The highest BCUT2D eigenvalue weighted by molar-refractivity contribution is 5.35. The number of nitrogens with zero attached hydrogens (tertiary/aromatic N) is 1. The molecule has 0 aliphatic rings. The highest BCUT2D eigenvalue weighted by atomic mass is 16.5. The SMILES string of the molecule is C=CCc1ccccc1OC#N. The van der Waals surface area contributed by atoms with Crippen LogP contribution >= 0.6 is 0 Å². The molecule has 0 aliphatic heterocycles. The third-order valence-corrected chi connectivity index (χ3v) is 1.49. The lowest BCUT2D eigenvalue weighted by atomic mass is 10.1. The molecule has 12 heavy (non-hydrogen) atoms. The number of nitriles is 1.